The summed E-state index contributed by atoms with van der Waals surface area (Å²) in [7, 11) is 0. The monoisotopic (exact) mass is 192 g/mol. The van der Waals surface area contributed by atoms with Gasteiger partial charge in [0, 0.05) is 31.0 Å². The highest BCUT2D eigenvalue weighted by Crippen LogP contribution is 2.22. The molecule has 0 bridgehead atoms. The molecule has 1 aromatic heterocycles. The van der Waals surface area contributed by atoms with E-state index in [1.54, 1.807) is 0 Å². The summed E-state index contributed by atoms with van der Waals surface area (Å²) >= 11 is 0. The van der Waals surface area contributed by atoms with Crippen molar-refractivity contribution in [3.05, 3.63) is 18.3 Å². The Hall–Kier alpha value is -1.25. The lowest BCUT2D eigenvalue weighted by molar-refractivity contribution is 0.327. The molecular weight excluding hydrogens is 176 g/mol. The lowest BCUT2D eigenvalue weighted by Gasteiger charge is -2.17. The smallest absolute Gasteiger partial charge is 0.215 e. The summed E-state index contributed by atoms with van der Waals surface area (Å²) in [6.07, 6.45) is 4.41. The lowest BCUT2D eigenvalue weighted by Crippen LogP contribution is -2.17. The summed E-state index contributed by atoms with van der Waals surface area (Å²) in [5.74, 6) is 0.733. The van der Waals surface area contributed by atoms with Crippen molar-refractivity contribution < 1.29 is 4.74 Å². The van der Waals surface area contributed by atoms with E-state index in [9.17, 15) is 0 Å². The average molecular weight is 192 g/mol. The van der Waals surface area contributed by atoms with Crippen LogP contribution in [0.5, 0.6) is 5.88 Å². The van der Waals surface area contributed by atoms with Crippen LogP contribution in [0, 0.1) is 0 Å². The molecular formula is C11H16N2O. The fraction of sp³-hybridized carbons (Fsp3) is 0.545. The Morgan fingerprint density at radius 2 is 2.21 bits per heavy atom. The molecule has 1 aliphatic heterocycles. The summed E-state index contributed by atoms with van der Waals surface area (Å²) in [6, 6.07) is 4.07. The van der Waals surface area contributed by atoms with E-state index < -0.39 is 0 Å². The van der Waals surface area contributed by atoms with Gasteiger partial charge in [0.25, 0.3) is 0 Å². The van der Waals surface area contributed by atoms with E-state index in [0.717, 1.165) is 19.0 Å². The van der Waals surface area contributed by atoms with Crippen LogP contribution in [0.25, 0.3) is 0 Å². The van der Waals surface area contributed by atoms with Crippen molar-refractivity contribution in [2.75, 3.05) is 24.6 Å². The maximum atomic E-state index is 5.37. The fourth-order valence-corrected chi connectivity index (χ4v) is 1.80. The number of ether oxygens (including phenoxy) is 1. The minimum atomic E-state index is 0.677. The third-order valence-corrected chi connectivity index (χ3v) is 2.48. The van der Waals surface area contributed by atoms with E-state index in [1.165, 1.54) is 18.5 Å². The zero-order valence-electron chi connectivity index (χ0n) is 8.57. The first-order chi connectivity index (χ1) is 6.90. The normalized spacial score (nSPS) is 15.9. The van der Waals surface area contributed by atoms with Gasteiger partial charge in [0.1, 0.15) is 0 Å². The summed E-state index contributed by atoms with van der Waals surface area (Å²) in [5.41, 5.74) is 1.24. The van der Waals surface area contributed by atoms with Crippen molar-refractivity contribution in [1.29, 1.82) is 0 Å². The van der Waals surface area contributed by atoms with Crippen LogP contribution in [0.1, 0.15) is 19.8 Å². The number of hydrogen-bond donors (Lipinski definition) is 0. The molecule has 76 valence electrons. The molecule has 2 rings (SSSR count). The third kappa shape index (κ3) is 1.97. The standard InChI is InChI=1S/C11H16N2O/c1-2-14-11-9-10(5-6-12-11)13-7-3-4-8-13/h5-6,9H,2-4,7-8H2,1H3. The first-order valence-corrected chi connectivity index (χ1v) is 5.24. The third-order valence-electron chi connectivity index (χ3n) is 2.48. The summed E-state index contributed by atoms with van der Waals surface area (Å²) in [5, 5.41) is 0. The van der Waals surface area contributed by atoms with Crippen LogP contribution in [0.2, 0.25) is 0 Å². The summed E-state index contributed by atoms with van der Waals surface area (Å²) in [6.45, 7) is 4.98. The van der Waals surface area contributed by atoms with Gasteiger partial charge in [-0.25, -0.2) is 4.98 Å². The van der Waals surface area contributed by atoms with Gasteiger partial charge in [0.2, 0.25) is 5.88 Å². The second kappa shape index (κ2) is 4.31. The molecule has 1 aromatic rings. The van der Waals surface area contributed by atoms with Crippen LogP contribution in [0.3, 0.4) is 0 Å². The fourth-order valence-electron chi connectivity index (χ4n) is 1.80. The highest BCUT2D eigenvalue weighted by atomic mass is 16.5. The number of hydrogen-bond acceptors (Lipinski definition) is 3. The Balaban J connectivity index is 2.12. The Morgan fingerprint density at radius 1 is 1.43 bits per heavy atom. The molecule has 3 heteroatoms. The van der Waals surface area contributed by atoms with Crippen molar-refractivity contribution in [2.45, 2.75) is 19.8 Å². The highest BCUT2D eigenvalue weighted by molar-refractivity contribution is 5.48. The van der Waals surface area contributed by atoms with Gasteiger partial charge < -0.3 is 9.64 Å². The number of nitrogens with zero attached hydrogens (tertiary/aromatic N) is 2. The number of anilines is 1. The number of aromatic nitrogens is 1. The zero-order chi connectivity index (χ0) is 9.80. The summed E-state index contributed by atoms with van der Waals surface area (Å²) in [4.78, 5) is 6.53. The van der Waals surface area contributed by atoms with Gasteiger partial charge in [0.05, 0.1) is 6.61 Å². The van der Waals surface area contributed by atoms with Crippen LogP contribution < -0.4 is 9.64 Å². The van der Waals surface area contributed by atoms with E-state index in [2.05, 4.69) is 9.88 Å². The first kappa shape index (κ1) is 9.31. The molecule has 0 unspecified atom stereocenters. The predicted molar refractivity (Wildman–Crippen MR) is 56.9 cm³/mol. The van der Waals surface area contributed by atoms with E-state index in [0.29, 0.717) is 6.61 Å². The van der Waals surface area contributed by atoms with Crippen molar-refractivity contribution >= 4 is 5.69 Å². The van der Waals surface area contributed by atoms with Crippen molar-refractivity contribution in [3.63, 3.8) is 0 Å². The minimum absolute atomic E-state index is 0.677. The van der Waals surface area contributed by atoms with Crippen molar-refractivity contribution in [2.24, 2.45) is 0 Å². The van der Waals surface area contributed by atoms with Gasteiger partial charge >= 0.3 is 0 Å². The molecule has 0 aromatic carbocycles. The Bertz CT molecular complexity index is 295. The Labute approximate surface area is 84.7 Å². The topological polar surface area (TPSA) is 25.4 Å². The Morgan fingerprint density at radius 3 is 2.93 bits per heavy atom. The molecule has 0 amide bonds. The molecule has 0 aliphatic carbocycles. The minimum Gasteiger partial charge on any atom is -0.478 e. The van der Waals surface area contributed by atoms with Crippen molar-refractivity contribution in [1.82, 2.24) is 4.98 Å². The van der Waals surface area contributed by atoms with E-state index >= 15 is 0 Å². The molecule has 3 nitrogen and oxygen atoms in total. The predicted octanol–water partition coefficient (Wildman–Crippen LogP) is 2.08. The largest absolute Gasteiger partial charge is 0.478 e. The van der Waals surface area contributed by atoms with E-state index in [1.807, 2.05) is 25.3 Å². The lowest BCUT2D eigenvalue weighted by atomic mass is 10.3. The van der Waals surface area contributed by atoms with Crippen LogP contribution >= 0.6 is 0 Å². The molecule has 1 aliphatic rings. The van der Waals surface area contributed by atoms with Gasteiger partial charge in [-0.3, -0.25) is 0 Å². The van der Waals surface area contributed by atoms with Crippen molar-refractivity contribution in [3.8, 4) is 5.88 Å². The number of pyridine rings is 1. The molecule has 1 fully saturated rings. The zero-order valence-corrected chi connectivity index (χ0v) is 8.57. The first-order valence-electron chi connectivity index (χ1n) is 5.24. The molecule has 0 radical (unpaired) electrons. The van der Waals surface area contributed by atoms with Gasteiger partial charge in [-0.15, -0.1) is 0 Å². The van der Waals surface area contributed by atoms with Crippen LogP contribution in [0.15, 0.2) is 18.3 Å². The van der Waals surface area contributed by atoms with E-state index in [-0.39, 0.29) is 0 Å². The molecule has 0 atom stereocenters. The van der Waals surface area contributed by atoms with E-state index in [4.69, 9.17) is 4.74 Å². The van der Waals surface area contributed by atoms with Gasteiger partial charge in [-0.2, -0.15) is 0 Å². The maximum absolute atomic E-state index is 5.37. The van der Waals surface area contributed by atoms with Gasteiger partial charge in [-0.1, -0.05) is 0 Å². The highest BCUT2D eigenvalue weighted by Gasteiger charge is 2.12. The van der Waals surface area contributed by atoms with Crippen LogP contribution in [-0.2, 0) is 0 Å². The molecule has 0 spiro atoms. The molecule has 14 heavy (non-hydrogen) atoms. The molecule has 0 saturated carbocycles. The number of rotatable bonds is 3. The molecule has 2 heterocycles. The second-order valence-corrected chi connectivity index (χ2v) is 3.48. The maximum Gasteiger partial charge on any atom is 0.215 e. The van der Waals surface area contributed by atoms with Gasteiger partial charge in [0.15, 0.2) is 0 Å². The average Bonchev–Trinajstić information content (AvgIpc) is 2.71. The van der Waals surface area contributed by atoms with Crippen LogP contribution in [0.4, 0.5) is 5.69 Å². The molecule has 1 saturated heterocycles. The van der Waals surface area contributed by atoms with Crippen LogP contribution in [-0.4, -0.2) is 24.7 Å². The van der Waals surface area contributed by atoms with Gasteiger partial charge in [-0.05, 0) is 25.8 Å². The molecule has 0 N–H and O–H groups in total. The quantitative estimate of drug-likeness (QED) is 0.733. The second-order valence-electron chi connectivity index (χ2n) is 3.48. The summed E-state index contributed by atoms with van der Waals surface area (Å²) < 4.78 is 5.37. The Kier molecular flexibility index (Phi) is 2.87. The SMILES string of the molecule is CCOc1cc(N2CCCC2)ccn1.